The monoisotopic (exact) mass is 497 g/mol. The van der Waals surface area contributed by atoms with Gasteiger partial charge in [0, 0.05) is 0 Å². The van der Waals surface area contributed by atoms with Crippen molar-refractivity contribution in [2.75, 3.05) is 0 Å². The summed E-state index contributed by atoms with van der Waals surface area (Å²) < 4.78 is 0. The molecular formula is C36H64. The van der Waals surface area contributed by atoms with E-state index in [0.29, 0.717) is 0 Å². The Kier molecular flexibility index (Phi) is 16.9. The standard InChI is InChI=1S/C36H64/c1-6-9-11-13-14-15-16-17-22-32-27-28-33(23-19-21-30(4)8-3)35(25-18-12-10-7-2)31(5)36-26-20-24-34(36)29-32/h9,11-12,25,30-36H,6-8,10,13-17,19-24,26-29H2,1-5H3/b11-9-. The third-order valence-electron chi connectivity index (χ3n) is 10.1. The van der Waals surface area contributed by atoms with Crippen LogP contribution in [0.3, 0.4) is 0 Å². The van der Waals surface area contributed by atoms with E-state index in [1.165, 1.54) is 122 Å². The molecule has 0 radical (unpaired) electrons. The normalized spacial score (nSPS) is 29.7. The molecule has 2 rings (SSSR count). The minimum absolute atomic E-state index is 0.746. The van der Waals surface area contributed by atoms with Crippen molar-refractivity contribution in [3.05, 3.63) is 30.0 Å². The molecule has 0 aromatic rings. The van der Waals surface area contributed by atoms with Crippen LogP contribution in [0.25, 0.3) is 0 Å². The molecule has 0 nitrogen and oxygen atoms in total. The van der Waals surface area contributed by atoms with Gasteiger partial charge in [0.15, 0.2) is 0 Å². The van der Waals surface area contributed by atoms with E-state index < -0.39 is 0 Å². The first kappa shape index (κ1) is 31.5. The molecule has 0 heterocycles. The van der Waals surface area contributed by atoms with Gasteiger partial charge in [-0.25, -0.2) is 0 Å². The second-order valence-electron chi connectivity index (χ2n) is 12.9. The van der Waals surface area contributed by atoms with E-state index in [1.54, 1.807) is 0 Å². The second-order valence-corrected chi connectivity index (χ2v) is 12.9. The molecule has 7 unspecified atom stereocenters. The van der Waals surface area contributed by atoms with Crippen molar-refractivity contribution in [3.63, 3.8) is 0 Å². The summed E-state index contributed by atoms with van der Waals surface area (Å²) in [5, 5.41) is 0. The van der Waals surface area contributed by atoms with Crippen LogP contribution in [0.15, 0.2) is 30.0 Å². The Balaban J connectivity index is 2.05. The predicted molar refractivity (Wildman–Crippen MR) is 162 cm³/mol. The van der Waals surface area contributed by atoms with Crippen LogP contribution in [-0.4, -0.2) is 0 Å². The fraction of sp³-hybridized carbons (Fsp3) is 0.861. The highest BCUT2D eigenvalue weighted by atomic mass is 14.4. The van der Waals surface area contributed by atoms with Crippen LogP contribution >= 0.6 is 0 Å². The van der Waals surface area contributed by atoms with Crippen LogP contribution in [0.2, 0.25) is 0 Å². The summed E-state index contributed by atoms with van der Waals surface area (Å²) in [4.78, 5) is 0. The smallest absolute Gasteiger partial charge is 0.0101 e. The van der Waals surface area contributed by atoms with Gasteiger partial charge in [-0.1, -0.05) is 117 Å². The van der Waals surface area contributed by atoms with Crippen molar-refractivity contribution in [2.24, 2.45) is 41.4 Å². The van der Waals surface area contributed by atoms with E-state index in [-0.39, 0.29) is 0 Å². The van der Waals surface area contributed by atoms with Gasteiger partial charge < -0.3 is 0 Å². The Hall–Kier alpha value is -0.740. The summed E-state index contributed by atoms with van der Waals surface area (Å²) in [6, 6.07) is 0. The van der Waals surface area contributed by atoms with Crippen molar-refractivity contribution < 1.29 is 0 Å². The third-order valence-corrected chi connectivity index (χ3v) is 10.1. The largest absolute Gasteiger partial charge is 0.129 e. The summed E-state index contributed by atoms with van der Waals surface area (Å²) >= 11 is 0. The summed E-state index contributed by atoms with van der Waals surface area (Å²) in [6.45, 7) is 12.0. The van der Waals surface area contributed by atoms with E-state index in [4.69, 9.17) is 0 Å². The topological polar surface area (TPSA) is 0 Å². The highest BCUT2D eigenvalue weighted by Crippen LogP contribution is 2.48. The number of unbranched alkanes of at least 4 members (excludes halogenated alkanes) is 5. The Morgan fingerprint density at radius 3 is 2.47 bits per heavy atom. The molecule has 0 heteroatoms. The zero-order valence-corrected chi connectivity index (χ0v) is 25.3. The van der Waals surface area contributed by atoms with Gasteiger partial charge in [0.2, 0.25) is 0 Å². The highest BCUT2D eigenvalue weighted by molar-refractivity contribution is 4.99. The molecule has 0 aliphatic heterocycles. The molecule has 0 amide bonds. The van der Waals surface area contributed by atoms with E-state index >= 15 is 0 Å². The molecular weight excluding hydrogens is 432 g/mol. The van der Waals surface area contributed by atoms with Gasteiger partial charge in [-0.15, -0.1) is 5.73 Å². The zero-order chi connectivity index (χ0) is 26.0. The lowest BCUT2D eigenvalue weighted by molar-refractivity contribution is 0.171. The van der Waals surface area contributed by atoms with Gasteiger partial charge in [-0.2, -0.15) is 0 Å². The molecule has 2 saturated carbocycles. The summed E-state index contributed by atoms with van der Waals surface area (Å²) in [5.41, 5.74) is 3.70. The SMILES string of the molecule is CC/C=C\CCCCCCC1CCC(CCCC(C)CC)C(C=C=CCCC)C(C)C2CCCC2C1. The van der Waals surface area contributed by atoms with Gasteiger partial charge in [0.05, 0.1) is 0 Å². The Labute approximate surface area is 227 Å². The maximum Gasteiger partial charge on any atom is -0.0101 e. The van der Waals surface area contributed by atoms with Crippen molar-refractivity contribution >= 4 is 0 Å². The van der Waals surface area contributed by atoms with Gasteiger partial charge in [0.1, 0.15) is 0 Å². The van der Waals surface area contributed by atoms with Crippen molar-refractivity contribution in [1.29, 1.82) is 0 Å². The lowest BCUT2D eigenvalue weighted by Gasteiger charge is -2.34. The van der Waals surface area contributed by atoms with Crippen LogP contribution in [0.1, 0.15) is 157 Å². The van der Waals surface area contributed by atoms with Gasteiger partial charge in [-0.05, 0) is 105 Å². The number of hydrogen-bond donors (Lipinski definition) is 0. The van der Waals surface area contributed by atoms with Gasteiger partial charge >= 0.3 is 0 Å². The number of rotatable bonds is 16. The molecule has 2 aliphatic carbocycles. The fourth-order valence-electron chi connectivity index (χ4n) is 7.51. The molecule has 0 N–H and O–H groups in total. The zero-order valence-electron chi connectivity index (χ0n) is 25.3. The second kappa shape index (κ2) is 19.3. The highest BCUT2D eigenvalue weighted by Gasteiger charge is 2.39. The number of allylic oxidation sites excluding steroid dienone is 3. The number of hydrogen-bond acceptors (Lipinski definition) is 0. The van der Waals surface area contributed by atoms with Crippen molar-refractivity contribution in [3.8, 4) is 0 Å². The quantitative estimate of drug-likeness (QED) is 0.113. The molecule has 0 spiro atoms. The third kappa shape index (κ3) is 11.8. The molecule has 2 aliphatic rings. The minimum atomic E-state index is 0.746. The average molecular weight is 497 g/mol. The summed E-state index contributed by atoms with van der Waals surface area (Å²) in [5.74, 6) is 6.29. The van der Waals surface area contributed by atoms with Gasteiger partial charge in [-0.3, -0.25) is 0 Å². The predicted octanol–water partition coefficient (Wildman–Crippen LogP) is 12.1. The number of fused-ring (bicyclic) bond motifs is 1. The first-order valence-electron chi connectivity index (χ1n) is 16.7. The van der Waals surface area contributed by atoms with Crippen molar-refractivity contribution in [1.82, 2.24) is 0 Å². The fourth-order valence-corrected chi connectivity index (χ4v) is 7.51. The maximum absolute atomic E-state index is 3.70. The molecule has 2 fully saturated rings. The molecule has 0 saturated heterocycles. The van der Waals surface area contributed by atoms with E-state index in [0.717, 1.165) is 41.4 Å². The first-order chi connectivity index (χ1) is 17.6. The summed E-state index contributed by atoms with van der Waals surface area (Å²) in [6.07, 6.45) is 36.4. The Morgan fingerprint density at radius 1 is 0.861 bits per heavy atom. The minimum Gasteiger partial charge on any atom is -0.129 e. The first-order valence-corrected chi connectivity index (χ1v) is 16.7. The van der Waals surface area contributed by atoms with Crippen LogP contribution in [0.4, 0.5) is 0 Å². The van der Waals surface area contributed by atoms with Crippen LogP contribution in [0, 0.1) is 41.4 Å². The molecule has 0 aromatic heterocycles. The molecule has 36 heavy (non-hydrogen) atoms. The van der Waals surface area contributed by atoms with Gasteiger partial charge in [0.25, 0.3) is 0 Å². The average Bonchev–Trinajstić information content (AvgIpc) is 3.35. The van der Waals surface area contributed by atoms with E-state index in [1.807, 2.05) is 0 Å². The maximum atomic E-state index is 3.70. The van der Waals surface area contributed by atoms with Crippen molar-refractivity contribution in [2.45, 2.75) is 157 Å². The van der Waals surface area contributed by atoms with Crippen LogP contribution in [0.5, 0.6) is 0 Å². The summed E-state index contributed by atoms with van der Waals surface area (Å²) in [7, 11) is 0. The van der Waals surface area contributed by atoms with E-state index in [9.17, 15) is 0 Å². The Bertz CT molecular complexity index is 620. The Morgan fingerprint density at radius 2 is 1.69 bits per heavy atom. The lowest BCUT2D eigenvalue weighted by atomic mass is 9.70. The molecule has 0 bridgehead atoms. The lowest BCUT2D eigenvalue weighted by Crippen LogP contribution is -2.27. The molecule has 7 atom stereocenters. The van der Waals surface area contributed by atoms with Crippen LogP contribution in [-0.2, 0) is 0 Å². The van der Waals surface area contributed by atoms with Crippen LogP contribution < -0.4 is 0 Å². The molecule has 208 valence electrons. The molecule has 0 aromatic carbocycles. The van der Waals surface area contributed by atoms with E-state index in [2.05, 4.69) is 64.7 Å².